The van der Waals surface area contributed by atoms with Crippen molar-refractivity contribution < 1.29 is 13.2 Å². The molecule has 0 aliphatic carbocycles. The Hall–Kier alpha value is -0.0900. The van der Waals surface area contributed by atoms with Gasteiger partial charge in [0.05, 0.1) is 17.6 Å². The third kappa shape index (κ3) is 2.79. The number of hydrogen-bond acceptors (Lipinski definition) is 3. The first-order chi connectivity index (χ1) is 5.14. The first-order valence-electron chi connectivity index (χ1n) is 3.96. The lowest BCUT2D eigenvalue weighted by Crippen LogP contribution is -2.14. The van der Waals surface area contributed by atoms with Crippen molar-refractivity contribution >= 4 is 9.84 Å². The van der Waals surface area contributed by atoms with Crippen LogP contribution in [-0.4, -0.2) is 32.6 Å². The summed E-state index contributed by atoms with van der Waals surface area (Å²) in [5.41, 5.74) is 0. The Bertz CT molecular complexity index is 208. The fourth-order valence-electron chi connectivity index (χ4n) is 1.18. The van der Waals surface area contributed by atoms with E-state index in [4.69, 9.17) is 4.74 Å². The third-order valence-electron chi connectivity index (χ3n) is 1.75. The Morgan fingerprint density at radius 2 is 2.27 bits per heavy atom. The van der Waals surface area contributed by atoms with Gasteiger partial charge in [-0.2, -0.15) is 0 Å². The van der Waals surface area contributed by atoms with Crippen LogP contribution in [0.1, 0.15) is 19.8 Å². The second kappa shape index (κ2) is 3.54. The van der Waals surface area contributed by atoms with Crippen LogP contribution < -0.4 is 0 Å². The zero-order valence-electron chi connectivity index (χ0n) is 6.75. The van der Waals surface area contributed by atoms with E-state index in [2.05, 4.69) is 0 Å². The van der Waals surface area contributed by atoms with Gasteiger partial charge in [-0.3, -0.25) is 0 Å². The van der Waals surface area contributed by atoms with Crippen molar-refractivity contribution in [3.63, 3.8) is 0 Å². The molecule has 1 heterocycles. The molecule has 1 saturated heterocycles. The van der Waals surface area contributed by atoms with Crippen LogP contribution in [-0.2, 0) is 14.6 Å². The maximum absolute atomic E-state index is 10.9. The molecule has 66 valence electrons. The summed E-state index contributed by atoms with van der Waals surface area (Å²) in [5, 5.41) is 0. The van der Waals surface area contributed by atoms with Gasteiger partial charge in [0.1, 0.15) is 0 Å². The van der Waals surface area contributed by atoms with Gasteiger partial charge in [0.25, 0.3) is 0 Å². The maximum Gasteiger partial charge on any atom is 0.152 e. The predicted molar refractivity (Wildman–Crippen MR) is 43.3 cm³/mol. The van der Waals surface area contributed by atoms with Crippen molar-refractivity contribution in [2.45, 2.75) is 25.9 Å². The van der Waals surface area contributed by atoms with E-state index in [9.17, 15) is 8.42 Å². The summed E-state index contributed by atoms with van der Waals surface area (Å²) in [4.78, 5) is 0. The van der Waals surface area contributed by atoms with Gasteiger partial charge >= 0.3 is 0 Å². The van der Waals surface area contributed by atoms with Gasteiger partial charge in [-0.05, 0) is 12.8 Å². The Morgan fingerprint density at radius 3 is 2.73 bits per heavy atom. The molecular formula is C7H14O3S. The molecule has 1 aliphatic rings. The largest absolute Gasteiger partial charge is 0.377 e. The summed E-state index contributed by atoms with van der Waals surface area (Å²) in [7, 11) is -2.75. The number of rotatable bonds is 3. The van der Waals surface area contributed by atoms with E-state index in [1.165, 1.54) is 0 Å². The van der Waals surface area contributed by atoms with E-state index in [0.717, 1.165) is 6.42 Å². The molecule has 0 radical (unpaired) electrons. The molecule has 0 aromatic carbocycles. The second-order valence-corrected chi connectivity index (χ2v) is 5.12. The molecule has 1 unspecified atom stereocenters. The lowest BCUT2D eigenvalue weighted by molar-refractivity contribution is 0.0715. The molecule has 1 atom stereocenters. The van der Waals surface area contributed by atoms with Crippen LogP contribution in [0, 0.1) is 0 Å². The van der Waals surface area contributed by atoms with Gasteiger partial charge in [0, 0.05) is 6.61 Å². The van der Waals surface area contributed by atoms with E-state index < -0.39 is 9.84 Å². The van der Waals surface area contributed by atoms with Gasteiger partial charge in [-0.15, -0.1) is 0 Å². The van der Waals surface area contributed by atoms with Crippen LogP contribution in [0.15, 0.2) is 0 Å². The minimum atomic E-state index is -2.75. The second-order valence-electron chi connectivity index (χ2n) is 2.90. The molecule has 3 nitrogen and oxygen atoms in total. The molecule has 11 heavy (non-hydrogen) atoms. The first-order valence-corrected chi connectivity index (χ1v) is 5.78. The Balaban J connectivity index is 2.31. The SMILES string of the molecule is CCCOC1CCS(=O)(=O)C1. The molecule has 0 spiro atoms. The summed E-state index contributed by atoms with van der Waals surface area (Å²) in [5.74, 6) is 0.536. The standard InChI is InChI=1S/C7H14O3S/c1-2-4-10-7-3-5-11(8,9)6-7/h7H,2-6H2,1H3. The number of sulfone groups is 1. The Labute approximate surface area is 67.7 Å². The molecule has 0 N–H and O–H groups in total. The van der Waals surface area contributed by atoms with Crippen molar-refractivity contribution in [2.75, 3.05) is 18.1 Å². The summed E-state index contributed by atoms with van der Waals surface area (Å²) in [6.07, 6.45) is 1.61. The van der Waals surface area contributed by atoms with Crippen LogP contribution in [0.25, 0.3) is 0 Å². The zero-order chi connectivity index (χ0) is 8.32. The van der Waals surface area contributed by atoms with Crippen LogP contribution >= 0.6 is 0 Å². The lowest BCUT2D eigenvalue weighted by Gasteiger charge is -2.07. The molecule has 0 amide bonds. The molecule has 0 aromatic rings. The fraction of sp³-hybridized carbons (Fsp3) is 1.00. The summed E-state index contributed by atoms with van der Waals surface area (Å²) in [6.45, 7) is 2.70. The smallest absolute Gasteiger partial charge is 0.152 e. The number of hydrogen-bond donors (Lipinski definition) is 0. The minimum Gasteiger partial charge on any atom is -0.377 e. The van der Waals surface area contributed by atoms with Gasteiger partial charge in [-0.1, -0.05) is 6.92 Å². The fourth-order valence-corrected chi connectivity index (χ4v) is 2.79. The van der Waals surface area contributed by atoms with Gasteiger partial charge in [0.15, 0.2) is 9.84 Å². The van der Waals surface area contributed by atoms with Gasteiger partial charge < -0.3 is 4.74 Å². The zero-order valence-corrected chi connectivity index (χ0v) is 7.56. The summed E-state index contributed by atoms with van der Waals surface area (Å²) in [6, 6.07) is 0. The van der Waals surface area contributed by atoms with Crippen LogP contribution in [0.2, 0.25) is 0 Å². The molecular weight excluding hydrogens is 164 g/mol. The van der Waals surface area contributed by atoms with E-state index >= 15 is 0 Å². The molecule has 1 fully saturated rings. The quantitative estimate of drug-likeness (QED) is 0.635. The predicted octanol–water partition coefficient (Wildman–Crippen LogP) is 0.600. The van der Waals surface area contributed by atoms with E-state index in [0.29, 0.717) is 18.8 Å². The highest BCUT2D eigenvalue weighted by Gasteiger charge is 2.27. The summed E-state index contributed by atoms with van der Waals surface area (Å²) >= 11 is 0. The van der Waals surface area contributed by atoms with Crippen LogP contribution in [0.4, 0.5) is 0 Å². The Morgan fingerprint density at radius 1 is 1.55 bits per heavy atom. The molecule has 1 aliphatic heterocycles. The van der Waals surface area contributed by atoms with E-state index in [1.807, 2.05) is 6.92 Å². The van der Waals surface area contributed by atoms with Crippen molar-refractivity contribution in [3.05, 3.63) is 0 Å². The summed E-state index contributed by atoms with van der Waals surface area (Å²) < 4.78 is 27.2. The maximum atomic E-state index is 10.9. The molecule has 0 bridgehead atoms. The van der Waals surface area contributed by atoms with Gasteiger partial charge in [0.2, 0.25) is 0 Å². The third-order valence-corrected chi connectivity index (χ3v) is 3.49. The van der Waals surface area contributed by atoms with E-state index in [-0.39, 0.29) is 11.9 Å². The monoisotopic (exact) mass is 178 g/mol. The number of ether oxygens (including phenoxy) is 1. The molecule has 1 rings (SSSR count). The van der Waals surface area contributed by atoms with E-state index in [1.54, 1.807) is 0 Å². The van der Waals surface area contributed by atoms with Crippen molar-refractivity contribution in [2.24, 2.45) is 0 Å². The average molecular weight is 178 g/mol. The minimum absolute atomic E-state index is 0.0278. The highest BCUT2D eigenvalue weighted by Crippen LogP contribution is 2.14. The molecule has 0 aromatic heterocycles. The van der Waals surface area contributed by atoms with Gasteiger partial charge in [-0.25, -0.2) is 8.42 Å². The molecule has 4 heteroatoms. The van der Waals surface area contributed by atoms with Crippen molar-refractivity contribution in [1.29, 1.82) is 0 Å². The topological polar surface area (TPSA) is 43.4 Å². The highest BCUT2D eigenvalue weighted by molar-refractivity contribution is 7.91. The first kappa shape index (κ1) is 9.00. The van der Waals surface area contributed by atoms with Crippen LogP contribution in [0.5, 0.6) is 0 Å². The van der Waals surface area contributed by atoms with Crippen LogP contribution in [0.3, 0.4) is 0 Å². The normalized spacial score (nSPS) is 29.0. The van der Waals surface area contributed by atoms with Crippen molar-refractivity contribution in [1.82, 2.24) is 0 Å². The highest BCUT2D eigenvalue weighted by atomic mass is 32.2. The average Bonchev–Trinajstić information content (AvgIpc) is 2.26. The Kier molecular flexibility index (Phi) is 2.90. The lowest BCUT2D eigenvalue weighted by atomic mass is 10.3. The van der Waals surface area contributed by atoms with Crippen molar-refractivity contribution in [3.8, 4) is 0 Å². The molecule has 0 saturated carbocycles.